The molecule has 0 aliphatic carbocycles. The van der Waals surface area contributed by atoms with Gasteiger partial charge in [0, 0.05) is 11.6 Å². The highest BCUT2D eigenvalue weighted by atomic mass is 35.5. The Morgan fingerprint density at radius 2 is 1.85 bits per heavy atom. The number of anilines is 1. The Balaban J connectivity index is 0.00000324. The maximum atomic E-state index is 12.8. The summed E-state index contributed by atoms with van der Waals surface area (Å²) in [7, 11) is 1.55. The number of hydrogen-bond acceptors (Lipinski definition) is 5. The Bertz CT molecular complexity index is 1360. The van der Waals surface area contributed by atoms with E-state index >= 15 is 0 Å². The second-order valence-electron chi connectivity index (χ2n) is 7.18. The Morgan fingerprint density at radius 1 is 1.03 bits per heavy atom. The fraction of sp³-hybridized carbons (Fsp3) is 0.0741. The van der Waals surface area contributed by atoms with Crippen LogP contribution < -0.4 is 14.8 Å². The molecule has 0 aliphatic rings. The summed E-state index contributed by atoms with van der Waals surface area (Å²) in [5.41, 5.74) is 3.00. The van der Waals surface area contributed by atoms with Crippen molar-refractivity contribution in [3.63, 3.8) is 0 Å². The summed E-state index contributed by atoms with van der Waals surface area (Å²) in [6, 6.07) is 26.2. The first-order valence-corrected chi connectivity index (χ1v) is 10.3. The van der Waals surface area contributed by atoms with E-state index < -0.39 is 5.91 Å². The fourth-order valence-electron chi connectivity index (χ4n) is 3.35. The number of aromatic nitrogens is 1. The smallest absolute Gasteiger partial charge is 0.266 e. The Labute approximate surface area is 203 Å². The van der Waals surface area contributed by atoms with Crippen molar-refractivity contribution in [2.24, 2.45) is 0 Å². The zero-order chi connectivity index (χ0) is 23.0. The van der Waals surface area contributed by atoms with Crippen LogP contribution in [-0.4, -0.2) is 18.0 Å². The molecule has 0 saturated heterocycles. The number of carbonyl (C=O) groups excluding carboxylic acids is 1. The van der Waals surface area contributed by atoms with E-state index in [0.29, 0.717) is 29.4 Å². The zero-order valence-corrected chi connectivity index (χ0v) is 19.2. The molecule has 170 valence electrons. The maximum absolute atomic E-state index is 12.8. The van der Waals surface area contributed by atoms with Crippen molar-refractivity contribution in [3.05, 3.63) is 102 Å². The van der Waals surface area contributed by atoms with Gasteiger partial charge in [-0.25, -0.2) is 0 Å². The maximum Gasteiger partial charge on any atom is 0.266 e. The first-order valence-electron chi connectivity index (χ1n) is 10.3. The van der Waals surface area contributed by atoms with E-state index in [2.05, 4.69) is 10.3 Å². The standard InChI is InChI=1S/C27H21N3O3.ClH/c1-32-26-16-20(12-13-25(26)33-18-19-7-3-2-4-8-19)15-21(17-28)27(31)30-24-11-5-10-23-22(24)9-6-14-29-23;/h2-16H,18H2,1H3,(H,30,31);1H/b21-15-;. The van der Waals surface area contributed by atoms with Crippen LogP contribution in [0, 0.1) is 11.3 Å². The molecule has 1 aromatic heterocycles. The van der Waals surface area contributed by atoms with Gasteiger partial charge in [-0.3, -0.25) is 9.78 Å². The van der Waals surface area contributed by atoms with Gasteiger partial charge in [0.15, 0.2) is 11.5 Å². The van der Waals surface area contributed by atoms with Crippen LogP contribution in [0.5, 0.6) is 11.5 Å². The lowest BCUT2D eigenvalue weighted by molar-refractivity contribution is -0.112. The van der Waals surface area contributed by atoms with Gasteiger partial charge in [-0.1, -0.05) is 42.5 Å². The van der Waals surface area contributed by atoms with Crippen molar-refractivity contribution in [2.45, 2.75) is 6.61 Å². The highest BCUT2D eigenvalue weighted by molar-refractivity contribution is 6.12. The number of amides is 1. The highest BCUT2D eigenvalue weighted by Crippen LogP contribution is 2.30. The van der Waals surface area contributed by atoms with E-state index in [9.17, 15) is 10.1 Å². The van der Waals surface area contributed by atoms with Gasteiger partial charge >= 0.3 is 0 Å². The number of nitrogens with one attached hydrogen (secondary N) is 1. The van der Waals surface area contributed by atoms with Crippen LogP contribution in [0.3, 0.4) is 0 Å². The average Bonchev–Trinajstić information content (AvgIpc) is 2.87. The van der Waals surface area contributed by atoms with Gasteiger partial charge in [-0.15, -0.1) is 12.4 Å². The van der Waals surface area contributed by atoms with E-state index in [1.807, 2.05) is 48.5 Å². The highest BCUT2D eigenvalue weighted by Gasteiger charge is 2.13. The van der Waals surface area contributed by atoms with Gasteiger partial charge in [0.2, 0.25) is 0 Å². The zero-order valence-electron chi connectivity index (χ0n) is 18.4. The normalized spacial score (nSPS) is 10.6. The first kappa shape index (κ1) is 24.3. The molecule has 1 amide bonds. The molecular formula is C27H22ClN3O3. The predicted molar refractivity (Wildman–Crippen MR) is 135 cm³/mol. The lowest BCUT2D eigenvalue weighted by Crippen LogP contribution is -2.13. The first-order chi connectivity index (χ1) is 16.2. The summed E-state index contributed by atoms with van der Waals surface area (Å²) in [5, 5.41) is 13.2. The van der Waals surface area contributed by atoms with Gasteiger partial charge in [-0.05, 0) is 53.6 Å². The molecule has 0 bridgehead atoms. The third-order valence-electron chi connectivity index (χ3n) is 4.99. The number of ether oxygens (including phenoxy) is 2. The van der Waals surface area contributed by atoms with Crippen molar-refractivity contribution < 1.29 is 14.3 Å². The number of halogens is 1. The summed E-state index contributed by atoms with van der Waals surface area (Å²) >= 11 is 0. The minimum absolute atomic E-state index is 0. The second kappa shape index (κ2) is 11.5. The number of rotatable bonds is 7. The molecule has 0 unspecified atom stereocenters. The van der Waals surface area contributed by atoms with Crippen LogP contribution in [0.2, 0.25) is 0 Å². The van der Waals surface area contributed by atoms with Crippen LogP contribution in [0.1, 0.15) is 11.1 Å². The minimum atomic E-state index is -0.503. The van der Waals surface area contributed by atoms with Gasteiger partial charge in [0.25, 0.3) is 5.91 Å². The number of nitriles is 1. The van der Waals surface area contributed by atoms with Crippen molar-refractivity contribution >= 4 is 41.0 Å². The van der Waals surface area contributed by atoms with E-state index in [1.54, 1.807) is 49.7 Å². The quantitative estimate of drug-likeness (QED) is 0.272. The Morgan fingerprint density at radius 3 is 2.62 bits per heavy atom. The van der Waals surface area contributed by atoms with Crippen LogP contribution in [0.25, 0.3) is 17.0 Å². The molecule has 0 spiro atoms. The van der Waals surface area contributed by atoms with E-state index in [0.717, 1.165) is 16.5 Å². The number of pyridine rings is 1. The molecular weight excluding hydrogens is 450 g/mol. The molecule has 1 heterocycles. The monoisotopic (exact) mass is 471 g/mol. The lowest BCUT2D eigenvalue weighted by atomic mass is 10.1. The minimum Gasteiger partial charge on any atom is -0.493 e. The topological polar surface area (TPSA) is 84.2 Å². The summed E-state index contributed by atoms with van der Waals surface area (Å²) < 4.78 is 11.3. The van der Waals surface area contributed by atoms with Gasteiger partial charge in [0.1, 0.15) is 18.2 Å². The number of hydrogen-bond donors (Lipinski definition) is 1. The van der Waals surface area contributed by atoms with E-state index in [1.165, 1.54) is 6.08 Å². The molecule has 34 heavy (non-hydrogen) atoms. The lowest BCUT2D eigenvalue weighted by Gasteiger charge is -2.12. The Kier molecular flexibility index (Phi) is 8.22. The van der Waals surface area contributed by atoms with Crippen molar-refractivity contribution in [1.29, 1.82) is 5.26 Å². The molecule has 0 aliphatic heterocycles. The summed E-state index contributed by atoms with van der Waals surface area (Å²) in [6.07, 6.45) is 3.21. The van der Waals surface area contributed by atoms with Crippen molar-refractivity contribution in [3.8, 4) is 17.6 Å². The van der Waals surface area contributed by atoms with Crippen LogP contribution >= 0.6 is 12.4 Å². The molecule has 0 fully saturated rings. The summed E-state index contributed by atoms with van der Waals surface area (Å²) in [6.45, 7) is 0.401. The fourth-order valence-corrected chi connectivity index (χ4v) is 3.35. The Hall–Kier alpha value is -4.34. The number of fused-ring (bicyclic) bond motifs is 1. The van der Waals surface area contributed by atoms with Gasteiger partial charge < -0.3 is 14.8 Å². The number of nitrogens with zero attached hydrogens (tertiary/aromatic N) is 2. The van der Waals surface area contributed by atoms with Crippen molar-refractivity contribution in [2.75, 3.05) is 12.4 Å². The van der Waals surface area contributed by atoms with Crippen molar-refractivity contribution in [1.82, 2.24) is 4.98 Å². The van der Waals surface area contributed by atoms with E-state index in [-0.39, 0.29) is 18.0 Å². The molecule has 4 rings (SSSR count). The molecule has 0 atom stereocenters. The average molecular weight is 472 g/mol. The molecule has 7 heteroatoms. The molecule has 4 aromatic rings. The third kappa shape index (κ3) is 5.71. The molecule has 0 saturated carbocycles. The number of carbonyl (C=O) groups is 1. The summed E-state index contributed by atoms with van der Waals surface area (Å²) in [4.78, 5) is 17.1. The summed E-state index contributed by atoms with van der Waals surface area (Å²) in [5.74, 6) is 0.583. The van der Waals surface area contributed by atoms with Gasteiger partial charge in [0.05, 0.1) is 18.3 Å². The second-order valence-corrected chi connectivity index (χ2v) is 7.18. The van der Waals surface area contributed by atoms with Crippen LogP contribution in [0.15, 0.2) is 90.6 Å². The molecule has 3 aromatic carbocycles. The molecule has 0 radical (unpaired) electrons. The predicted octanol–water partition coefficient (Wildman–Crippen LogP) is 5.79. The number of methoxy groups -OCH3 is 1. The number of benzene rings is 3. The molecule has 6 nitrogen and oxygen atoms in total. The molecule has 1 N–H and O–H groups in total. The largest absolute Gasteiger partial charge is 0.493 e. The van der Waals surface area contributed by atoms with E-state index in [4.69, 9.17) is 9.47 Å². The van der Waals surface area contributed by atoms with Gasteiger partial charge in [-0.2, -0.15) is 5.26 Å². The third-order valence-corrected chi connectivity index (χ3v) is 4.99. The van der Waals surface area contributed by atoms with Crippen LogP contribution in [0.4, 0.5) is 5.69 Å². The van der Waals surface area contributed by atoms with Crippen LogP contribution in [-0.2, 0) is 11.4 Å². The SMILES string of the molecule is COc1cc(/C=C(/C#N)C(=O)Nc2cccc3ncccc23)ccc1OCc1ccccc1.Cl.